The molecule has 1 aromatic rings. The molecule has 0 bridgehead atoms. The van der Waals surface area contributed by atoms with Crippen LogP contribution in [0.15, 0.2) is 18.2 Å². The van der Waals surface area contributed by atoms with Crippen molar-refractivity contribution < 1.29 is 18.0 Å². The van der Waals surface area contributed by atoms with Gasteiger partial charge < -0.3 is 5.32 Å². The molecule has 1 unspecified atom stereocenters. The third-order valence-electron chi connectivity index (χ3n) is 2.37. The average Bonchev–Trinajstić information content (AvgIpc) is 2.28. The zero-order valence-electron chi connectivity index (χ0n) is 9.88. The normalized spacial score (nSPS) is 12.6. The summed E-state index contributed by atoms with van der Waals surface area (Å²) in [6.07, 6.45) is -4.28. The molecule has 0 radical (unpaired) electrons. The van der Waals surface area contributed by atoms with Crippen molar-refractivity contribution in [1.29, 1.82) is 5.26 Å². The van der Waals surface area contributed by atoms with Crippen molar-refractivity contribution >= 4 is 23.2 Å². The molecule has 0 aromatic heterocycles. The van der Waals surface area contributed by atoms with E-state index in [1.807, 2.05) is 0 Å². The Balaban J connectivity index is 3.00. The van der Waals surface area contributed by atoms with Crippen molar-refractivity contribution in [2.24, 2.45) is 5.92 Å². The molecule has 1 amide bonds. The van der Waals surface area contributed by atoms with Gasteiger partial charge in [0.1, 0.15) is 5.92 Å². The van der Waals surface area contributed by atoms with Crippen LogP contribution in [0.5, 0.6) is 0 Å². The fraction of sp³-hybridized carbons (Fsp3) is 0.333. The molecule has 0 aliphatic carbocycles. The first-order valence-electron chi connectivity index (χ1n) is 5.36. The second kappa shape index (κ2) is 5.93. The van der Waals surface area contributed by atoms with Crippen molar-refractivity contribution in [2.75, 3.05) is 5.32 Å². The lowest BCUT2D eigenvalue weighted by Gasteiger charge is -2.12. The minimum atomic E-state index is -4.55. The number of carbonyl (C=O) groups excluding carboxylic acids is 1. The second-order valence-electron chi connectivity index (χ2n) is 3.81. The first-order chi connectivity index (χ1) is 8.77. The smallest absolute Gasteiger partial charge is 0.325 e. The minimum absolute atomic E-state index is 0.0847. The van der Waals surface area contributed by atoms with Crippen molar-refractivity contribution in [2.45, 2.75) is 19.5 Å². The molecular weight excluding hydrogens is 281 g/mol. The maximum atomic E-state index is 12.6. The average molecular weight is 291 g/mol. The molecule has 1 rings (SSSR count). The number of rotatable bonds is 3. The van der Waals surface area contributed by atoms with Gasteiger partial charge in [-0.3, -0.25) is 4.79 Å². The van der Waals surface area contributed by atoms with Gasteiger partial charge in [-0.25, -0.2) is 0 Å². The van der Waals surface area contributed by atoms with Gasteiger partial charge in [-0.05, 0) is 24.6 Å². The van der Waals surface area contributed by atoms with Gasteiger partial charge in [-0.15, -0.1) is 0 Å². The van der Waals surface area contributed by atoms with E-state index >= 15 is 0 Å². The lowest BCUT2D eigenvalue weighted by atomic mass is 10.1. The summed E-state index contributed by atoms with van der Waals surface area (Å²) in [5.74, 6) is -1.56. The Labute approximate surface area is 113 Å². The minimum Gasteiger partial charge on any atom is -0.325 e. The number of nitrogens with one attached hydrogen (secondary N) is 1. The van der Waals surface area contributed by atoms with E-state index < -0.39 is 23.6 Å². The third kappa shape index (κ3) is 4.14. The summed E-state index contributed by atoms with van der Waals surface area (Å²) in [6.45, 7) is 1.63. The molecule has 102 valence electrons. The molecule has 1 aromatic carbocycles. The Kier molecular flexibility index (Phi) is 4.78. The number of anilines is 1. The molecule has 1 atom stereocenters. The summed E-state index contributed by atoms with van der Waals surface area (Å²) in [6, 6.07) is 4.49. The van der Waals surface area contributed by atoms with Gasteiger partial charge in [0, 0.05) is 10.7 Å². The van der Waals surface area contributed by atoms with E-state index in [0.29, 0.717) is 0 Å². The number of amides is 1. The third-order valence-corrected chi connectivity index (χ3v) is 2.59. The molecule has 0 aliphatic rings. The number of benzene rings is 1. The van der Waals surface area contributed by atoms with E-state index in [9.17, 15) is 18.0 Å². The number of hydrogen-bond acceptors (Lipinski definition) is 2. The summed E-state index contributed by atoms with van der Waals surface area (Å²) in [5, 5.41) is 10.8. The molecule has 0 aliphatic heterocycles. The Bertz CT molecular complexity index is 523. The van der Waals surface area contributed by atoms with Gasteiger partial charge in [-0.2, -0.15) is 18.4 Å². The first-order valence-corrected chi connectivity index (χ1v) is 5.74. The van der Waals surface area contributed by atoms with Gasteiger partial charge in [0.25, 0.3) is 0 Å². The highest BCUT2D eigenvalue weighted by Crippen LogP contribution is 2.33. The van der Waals surface area contributed by atoms with Crippen LogP contribution in [0.1, 0.15) is 18.9 Å². The quantitative estimate of drug-likeness (QED) is 0.919. The van der Waals surface area contributed by atoms with E-state index in [2.05, 4.69) is 5.32 Å². The molecule has 19 heavy (non-hydrogen) atoms. The van der Waals surface area contributed by atoms with E-state index in [4.69, 9.17) is 16.9 Å². The molecule has 0 saturated heterocycles. The van der Waals surface area contributed by atoms with E-state index in [-0.39, 0.29) is 17.1 Å². The van der Waals surface area contributed by atoms with Crippen LogP contribution in [0, 0.1) is 17.2 Å². The van der Waals surface area contributed by atoms with Crippen LogP contribution in [0.25, 0.3) is 0 Å². The lowest BCUT2D eigenvalue weighted by molar-refractivity contribution is -0.137. The van der Waals surface area contributed by atoms with Gasteiger partial charge in [-0.1, -0.05) is 18.5 Å². The fourth-order valence-electron chi connectivity index (χ4n) is 1.39. The maximum Gasteiger partial charge on any atom is 0.416 e. The van der Waals surface area contributed by atoms with Gasteiger partial charge in [0.15, 0.2) is 0 Å². The number of alkyl halides is 3. The van der Waals surface area contributed by atoms with Gasteiger partial charge >= 0.3 is 6.18 Å². The van der Waals surface area contributed by atoms with Crippen molar-refractivity contribution in [1.82, 2.24) is 0 Å². The van der Waals surface area contributed by atoms with E-state index in [0.717, 1.165) is 12.1 Å². The Morgan fingerprint density at radius 3 is 2.58 bits per heavy atom. The Hall–Kier alpha value is -1.74. The second-order valence-corrected chi connectivity index (χ2v) is 4.24. The highest BCUT2D eigenvalue weighted by molar-refractivity contribution is 6.31. The first kappa shape index (κ1) is 15.3. The standard InChI is InChI=1S/C12H10ClF3N2O/c1-2-7(6-17)11(19)18-10-4-8(12(14,15)16)3-9(13)5-10/h3-5,7H,2H2,1H3,(H,18,19). The Morgan fingerprint density at radius 2 is 2.11 bits per heavy atom. The van der Waals surface area contributed by atoms with Crippen molar-refractivity contribution in [3.63, 3.8) is 0 Å². The summed E-state index contributed by atoms with van der Waals surface area (Å²) in [5.41, 5.74) is -1.04. The van der Waals surface area contributed by atoms with Crippen LogP contribution in [0.2, 0.25) is 5.02 Å². The van der Waals surface area contributed by atoms with Crippen molar-refractivity contribution in [3.8, 4) is 6.07 Å². The highest BCUT2D eigenvalue weighted by Gasteiger charge is 2.31. The van der Waals surface area contributed by atoms with E-state index in [1.54, 1.807) is 13.0 Å². The number of hydrogen-bond donors (Lipinski definition) is 1. The highest BCUT2D eigenvalue weighted by atomic mass is 35.5. The Morgan fingerprint density at radius 1 is 1.47 bits per heavy atom. The van der Waals surface area contributed by atoms with Crippen LogP contribution < -0.4 is 5.32 Å². The van der Waals surface area contributed by atoms with Gasteiger partial charge in [0.2, 0.25) is 5.91 Å². The molecular formula is C12H10ClF3N2O. The van der Waals surface area contributed by atoms with Crippen LogP contribution >= 0.6 is 11.6 Å². The van der Waals surface area contributed by atoms with Gasteiger partial charge in [0.05, 0.1) is 11.6 Å². The van der Waals surface area contributed by atoms with Crippen LogP contribution in [0.3, 0.4) is 0 Å². The summed E-state index contributed by atoms with van der Waals surface area (Å²) < 4.78 is 37.7. The van der Waals surface area contributed by atoms with Crippen LogP contribution in [-0.2, 0) is 11.0 Å². The fourth-order valence-corrected chi connectivity index (χ4v) is 1.63. The zero-order valence-corrected chi connectivity index (χ0v) is 10.6. The zero-order chi connectivity index (χ0) is 14.6. The predicted octanol–water partition coefficient (Wildman–Crippen LogP) is 3.85. The molecule has 3 nitrogen and oxygen atoms in total. The summed E-state index contributed by atoms with van der Waals surface area (Å²) >= 11 is 5.57. The largest absolute Gasteiger partial charge is 0.416 e. The summed E-state index contributed by atoms with van der Waals surface area (Å²) in [7, 11) is 0. The maximum absolute atomic E-state index is 12.6. The molecule has 0 fully saturated rings. The number of halogens is 4. The summed E-state index contributed by atoms with van der Waals surface area (Å²) in [4.78, 5) is 11.6. The van der Waals surface area contributed by atoms with Crippen LogP contribution in [0.4, 0.5) is 18.9 Å². The van der Waals surface area contributed by atoms with Crippen LogP contribution in [-0.4, -0.2) is 5.91 Å². The predicted molar refractivity (Wildman–Crippen MR) is 64.5 cm³/mol. The topological polar surface area (TPSA) is 52.9 Å². The molecule has 0 spiro atoms. The monoisotopic (exact) mass is 290 g/mol. The number of nitrogens with zero attached hydrogens (tertiary/aromatic N) is 1. The molecule has 0 saturated carbocycles. The lowest BCUT2D eigenvalue weighted by Crippen LogP contribution is -2.21. The van der Waals surface area contributed by atoms with E-state index in [1.165, 1.54) is 6.07 Å². The SMILES string of the molecule is CCC(C#N)C(=O)Nc1cc(Cl)cc(C(F)(F)F)c1. The molecule has 7 heteroatoms. The molecule has 1 N–H and O–H groups in total. The van der Waals surface area contributed by atoms with Crippen molar-refractivity contribution in [3.05, 3.63) is 28.8 Å². The number of carbonyl (C=O) groups is 1. The number of nitriles is 1. The molecule has 0 heterocycles.